The monoisotopic (exact) mass is 590 g/mol. The number of Topliss-reactive ketones (excluding diaryl/α,β-unsaturated/α-hetero) is 3. The van der Waals surface area contributed by atoms with Crippen molar-refractivity contribution >= 4 is 41.0 Å². The van der Waals surface area contributed by atoms with Gasteiger partial charge in [0.25, 0.3) is 11.8 Å². The Hall–Kier alpha value is -3.25. The summed E-state index contributed by atoms with van der Waals surface area (Å²) in [4.78, 5) is 85.1. The molecule has 1 aliphatic heterocycles. The lowest BCUT2D eigenvalue weighted by Crippen LogP contribution is -2.36. The van der Waals surface area contributed by atoms with E-state index in [2.05, 4.69) is 10.6 Å². The first-order chi connectivity index (χ1) is 20.1. The summed E-state index contributed by atoms with van der Waals surface area (Å²) >= 11 is 0. The van der Waals surface area contributed by atoms with Crippen molar-refractivity contribution in [3.05, 3.63) is 12.2 Å². The van der Waals surface area contributed by atoms with Gasteiger partial charge in [0.15, 0.2) is 0 Å². The molecule has 12 heteroatoms. The van der Waals surface area contributed by atoms with Crippen LogP contribution in [0.2, 0.25) is 0 Å². The Kier molecular flexibility index (Phi) is 15.8. The maximum absolute atomic E-state index is 12.8. The minimum atomic E-state index is -0.559. The van der Waals surface area contributed by atoms with E-state index in [9.17, 15) is 33.6 Å². The Labute approximate surface area is 247 Å². The first-order valence-corrected chi connectivity index (χ1v) is 15.0. The standard InChI is InChI=1S/C30H46N4O8/c1-21(35)19-33-30(41)24(17-25(36)13-15-42-16-14-32-27(38)18-31)5-3-2-4-6-26(37)23-9-7-22(8-10-23)20-34-28(39)11-12-29(34)40/h11-12,22-24H,2-10,13-20,31H2,1H3,(H,32,38)(H,33,41). The molecule has 1 fully saturated rings. The fraction of sp³-hybridized carbons (Fsp3) is 0.700. The minimum Gasteiger partial charge on any atom is -0.379 e. The van der Waals surface area contributed by atoms with Crippen LogP contribution >= 0.6 is 0 Å². The van der Waals surface area contributed by atoms with Crippen molar-refractivity contribution in [2.75, 3.05) is 39.4 Å². The largest absolute Gasteiger partial charge is 0.379 e. The van der Waals surface area contributed by atoms with E-state index in [0.29, 0.717) is 38.8 Å². The fourth-order valence-electron chi connectivity index (χ4n) is 5.29. The smallest absolute Gasteiger partial charge is 0.253 e. The van der Waals surface area contributed by atoms with Crippen LogP contribution in [0.5, 0.6) is 0 Å². The van der Waals surface area contributed by atoms with Crippen LogP contribution in [0.15, 0.2) is 12.2 Å². The summed E-state index contributed by atoms with van der Waals surface area (Å²) in [5.41, 5.74) is 5.21. The molecule has 4 amide bonds. The number of hydrogen-bond donors (Lipinski definition) is 3. The molecule has 2 aliphatic rings. The molecule has 0 saturated heterocycles. The second kappa shape index (κ2) is 19.0. The summed E-state index contributed by atoms with van der Waals surface area (Å²) in [6.07, 6.45) is 8.99. The molecule has 0 bridgehead atoms. The summed E-state index contributed by atoms with van der Waals surface area (Å²) < 4.78 is 5.36. The van der Waals surface area contributed by atoms with Gasteiger partial charge in [0, 0.05) is 56.3 Å². The van der Waals surface area contributed by atoms with Gasteiger partial charge >= 0.3 is 0 Å². The third-order valence-electron chi connectivity index (χ3n) is 7.75. The van der Waals surface area contributed by atoms with E-state index in [1.54, 1.807) is 0 Å². The number of unbranched alkanes of at least 4 members (excludes halogenated alkanes) is 2. The van der Waals surface area contributed by atoms with Gasteiger partial charge in [-0.3, -0.25) is 38.5 Å². The zero-order chi connectivity index (χ0) is 30.9. The fourth-order valence-corrected chi connectivity index (χ4v) is 5.29. The molecule has 0 spiro atoms. The summed E-state index contributed by atoms with van der Waals surface area (Å²) in [6.45, 7) is 2.33. The van der Waals surface area contributed by atoms with E-state index >= 15 is 0 Å². The molecule has 0 radical (unpaired) electrons. The molecule has 0 aromatic carbocycles. The number of carbonyl (C=O) groups excluding carboxylic acids is 7. The number of imide groups is 1. The number of hydrogen-bond acceptors (Lipinski definition) is 9. The van der Waals surface area contributed by atoms with Gasteiger partial charge in [-0.2, -0.15) is 0 Å². The minimum absolute atomic E-state index is 0.00577. The molecule has 12 nitrogen and oxygen atoms in total. The molecule has 1 heterocycles. The molecule has 1 unspecified atom stereocenters. The predicted molar refractivity (Wildman–Crippen MR) is 154 cm³/mol. The zero-order valence-electron chi connectivity index (χ0n) is 24.7. The molecular weight excluding hydrogens is 544 g/mol. The van der Waals surface area contributed by atoms with E-state index in [1.165, 1.54) is 24.0 Å². The molecular formula is C30H46N4O8. The highest BCUT2D eigenvalue weighted by Crippen LogP contribution is 2.31. The van der Waals surface area contributed by atoms with Crippen LogP contribution in [0.4, 0.5) is 0 Å². The van der Waals surface area contributed by atoms with Crippen LogP contribution in [-0.4, -0.2) is 85.3 Å². The number of ketones is 3. The molecule has 42 heavy (non-hydrogen) atoms. The number of nitrogens with two attached hydrogens (primary N) is 1. The van der Waals surface area contributed by atoms with Crippen molar-refractivity contribution in [1.29, 1.82) is 0 Å². The molecule has 234 valence electrons. The molecule has 4 N–H and O–H groups in total. The highest BCUT2D eigenvalue weighted by molar-refractivity contribution is 6.12. The van der Waals surface area contributed by atoms with E-state index in [4.69, 9.17) is 10.5 Å². The van der Waals surface area contributed by atoms with Crippen molar-refractivity contribution in [1.82, 2.24) is 15.5 Å². The SMILES string of the molecule is CC(=O)CNC(=O)C(CCCCCC(=O)C1CCC(CN2C(=O)C=CC2=O)CC1)CC(=O)CCOCCNC(=O)CN. The van der Waals surface area contributed by atoms with Gasteiger partial charge in [-0.1, -0.05) is 12.8 Å². The zero-order valence-corrected chi connectivity index (χ0v) is 24.7. The van der Waals surface area contributed by atoms with Crippen LogP contribution in [0, 0.1) is 17.8 Å². The van der Waals surface area contributed by atoms with Crippen molar-refractivity contribution in [3.63, 3.8) is 0 Å². The summed E-state index contributed by atoms with van der Waals surface area (Å²) in [6, 6.07) is 0. The lowest BCUT2D eigenvalue weighted by Gasteiger charge is -2.30. The normalized spacial score (nSPS) is 19.0. The summed E-state index contributed by atoms with van der Waals surface area (Å²) in [7, 11) is 0. The number of nitrogens with one attached hydrogen (secondary N) is 2. The van der Waals surface area contributed by atoms with Crippen molar-refractivity contribution in [2.24, 2.45) is 23.5 Å². The molecule has 1 aliphatic carbocycles. The Morgan fingerprint density at radius 2 is 1.64 bits per heavy atom. The van der Waals surface area contributed by atoms with Crippen LogP contribution in [0.25, 0.3) is 0 Å². The highest BCUT2D eigenvalue weighted by atomic mass is 16.5. The lowest BCUT2D eigenvalue weighted by molar-refractivity contribution is -0.138. The third-order valence-corrected chi connectivity index (χ3v) is 7.75. The molecule has 1 atom stereocenters. The first-order valence-electron chi connectivity index (χ1n) is 15.0. The molecule has 0 aromatic rings. The van der Waals surface area contributed by atoms with E-state index in [1.807, 2.05) is 0 Å². The van der Waals surface area contributed by atoms with Crippen LogP contribution in [0.3, 0.4) is 0 Å². The van der Waals surface area contributed by atoms with Gasteiger partial charge < -0.3 is 21.1 Å². The average molecular weight is 591 g/mol. The lowest BCUT2D eigenvalue weighted by atomic mass is 9.79. The van der Waals surface area contributed by atoms with Gasteiger partial charge in [-0.25, -0.2) is 0 Å². The topological polar surface area (TPSA) is 182 Å². The van der Waals surface area contributed by atoms with Crippen LogP contribution in [-0.2, 0) is 38.3 Å². The van der Waals surface area contributed by atoms with E-state index in [0.717, 1.165) is 32.1 Å². The van der Waals surface area contributed by atoms with Crippen molar-refractivity contribution < 1.29 is 38.3 Å². The van der Waals surface area contributed by atoms with Crippen molar-refractivity contribution in [3.8, 4) is 0 Å². The van der Waals surface area contributed by atoms with Gasteiger partial charge in [0.1, 0.15) is 17.3 Å². The summed E-state index contributed by atoms with van der Waals surface area (Å²) in [5.74, 6) is -1.54. The number of rotatable bonds is 21. The summed E-state index contributed by atoms with van der Waals surface area (Å²) in [5, 5.41) is 5.17. The number of amides is 4. The van der Waals surface area contributed by atoms with Crippen LogP contribution in [0.1, 0.15) is 77.6 Å². The average Bonchev–Trinajstić information content (AvgIpc) is 3.28. The Balaban J connectivity index is 1.66. The highest BCUT2D eigenvalue weighted by Gasteiger charge is 2.31. The van der Waals surface area contributed by atoms with Crippen molar-refractivity contribution in [2.45, 2.75) is 77.6 Å². The quantitative estimate of drug-likeness (QED) is 0.130. The number of nitrogens with zero attached hydrogens (tertiary/aromatic N) is 1. The molecule has 1 saturated carbocycles. The Morgan fingerprint density at radius 1 is 0.952 bits per heavy atom. The van der Waals surface area contributed by atoms with E-state index in [-0.39, 0.29) is 92.0 Å². The van der Waals surface area contributed by atoms with Gasteiger partial charge in [-0.05, 0) is 51.4 Å². The van der Waals surface area contributed by atoms with Crippen LogP contribution < -0.4 is 16.4 Å². The van der Waals surface area contributed by atoms with Gasteiger partial charge in [0.2, 0.25) is 11.8 Å². The predicted octanol–water partition coefficient (Wildman–Crippen LogP) is 1.000. The maximum atomic E-state index is 12.8. The second-order valence-corrected chi connectivity index (χ2v) is 11.2. The Bertz CT molecular complexity index is 985. The second-order valence-electron chi connectivity index (χ2n) is 11.2. The molecule has 0 aromatic heterocycles. The van der Waals surface area contributed by atoms with Gasteiger partial charge in [0.05, 0.1) is 26.3 Å². The number of ether oxygens (including phenoxy) is 1. The third kappa shape index (κ3) is 13.2. The first kappa shape index (κ1) is 34.9. The number of carbonyl (C=O) groups is 7. The van der Waals surface area contributed by atoms with Gasteiger partial charge in [-0.15, -0.1) is 0 Å². The molecule has 2 rings (SSSR count). The Morgan fingerprint density at radius 3 is 2.29 bits per heavy atom. The maximum Gasteiger partial charge on any atom is 0.253 e. The van der Waals surface area contributed by atoms with E-state index < -0.39 is 5.92 Å².